The van der Waals surface area contributed by atoms with Gasteiger partial charge < -0.3 is 4.74 Å². The van der Waals surface area contributed by atoms with Crippen molar-refractivity contribution in [1.29, 1.82) is 0 Å². The van der Waals surface area contributed by atoms with Crippen LogP contribution in [0.4, 0.5) is 0 Å². The molecular formula is C66H66O. The third-order valence-corrected chi connectivity index (χ3v) is 13.4. The molecule has 1 heteroatoms. The lowest BCUT2D eigenvalue weighted by atomic mass is 9.84. The molecule has 67 heavy (non-hydrogen) atoms. The summed E-state index contributed by atoms with van der Waals surface area (Å²) in [4.78, 5) is 0. The van der Waals surface area contributed by atoms with Crippen LogP contribution in [0.1, 0.15) is 77.9 Å². The van der Waals surface area contributed by atoms with E-state index < -0.39 is 0 Å². The number of hydrogen-bond acceptors (Lipinski definition) is 1. The van der Waals surface area contributed by atoms with Crippen LogP contribution in [0.5, 0.6) is 11.5 Å². The van der Waals surface area contributed by atoms with Crippen LogP contribution >= 0.6 is 0 Å². The normalized spacial score (nSPS) is 11.0. The van der Waals surface area contributed by atoms with Gasteiger partial charge >= 0.3 is 0 Å². The van der Waals surface area contributed by atoms with Crippen molar-refractivity contribution in [3.05, 3.63) is 297 Å². The highest BCUT2D eigenvalue weighted by molar-refractivity contribution is 5.57. The minimum atomic E-state index is 0.779. The third-order valence-electron chi connectivity index (χ3n) is 13.4. The Morgan fingerprint density at radius 3 is 0.731 bits per heavy atom. The predicted octanol–water partition coefficient (Wildman–Crippen LogP) is 15.6. The molecule has 8 rings (SSSR count). The first-order valence-electron chi connectivity index (χ1n) is 24.6. The van der Waals surface area contributed by atoms with Gasteiger partial charge in [-0.3, -0.25) is 0 Å². The number of rotatable bonds is 24. The molecule has 0 spiro atoms. The van der Waals surface area contributed by atoms with Gasteiger partial charge in [0.2, 0.25) is 0 Å². The first kappa shape index (κ1) is 46.6. The van der Waals surface area contributed by atoms with E-state index in [4.69, 9.17) is 4.74 Å². The van der Waals surface area contributed by atoms with Crippen LogP contribution in [-0.4, -0.2) is 0 Å². The summed E-state index contributed by atoms with van der Waals surface area (Å²) < 4.78 is 7.74. The molecule has 0 bridgehead atoms. The average molecular weight is 875 g/mol. The summed E-state index contributed by atoms with van der Waals surface area (Å²) in [5.74, 6) is 1.96. The number of benzene rings is 8. The van der Waals surface area contributed by atoms with Gasteiger partial charge in [-0.1, -0.05) is 194 Å². The molecule has 8 aromatic rings. The number of ether oxygens (including phenoxy) is 1. The molecule has 0 atom stereocenters. The molecule has 0 radical (unpaired) electrons. The van der Waals surface area contributed by atoms with Crippen molar-refractivity contribution >= 4 is 0 Å². The molecule has 0 N–H and O–H groups in total. The molecule has 1 nitrogen and oxygen atoms in total. The number of allylic oxidation sites excluding steroid dienone is 2. The van der Waals surface area contributed by atoms with Gasteiger partial charge in [-0.25, -0.2) is 0 Å². The summed E-state index contributed by atoms with van der Waals surface area (Å²) in [5, 5.41) is 0. The Bertz CT molecular complexity index is 2560. The van der Waals surface area contributed by atoms with E-state index in [1.54, 1.807) is 0 Å². The summed E-state index contributed by atoms with van der Waals surface area (Å²) in [5.41, 5.74) is 19.2. The standard InChI is InChI=1S/C66H66O/c1-3-23-57-49-65(63(47-41-55-33-19-9-20-34-55)61(45-39-53-29-15-7-16-30-53)59(57)43-37-51-25-11-5-12-26-51)67-66-50-58(24-4-2)60(44-38-52-27-13-6-14-28-52)62(46-40-54-31-17-8-18-32-54)64(66)48-42-56-35-21-10-22-36-56/h3-22,25-36,49-50H,1-2,23-24,37-48H2. The molecule has 0 heterocycles. The third kappa shape index (κ3) is 13.1. The van der Waals surface area contributed by atoms with E-state index in [2.05, 4.69) is 219 Å². The Hall–Kier alpha value is -6.96. The summed E-state index contributed by atoms with van der Waals surface area (Å²) in [6, 6.07) is 70.7. The van der Waals surface area contributed by atoms with Crippen molar-refractivity contribution in [2.45, 2.75) is 89.9 Å². The number of hydrogen-bond donors (Lipinski definition) is 0. The minimum Gasteiger partial charge on any atom is -0.457 e. The van der Waals surface area contributed by atoms with E-state index in [-0.39, 0.29) is 0 Å². The zero-order valence-electron chi connectivity index (χ0n) is 39.4. The molecule has 0 unspecified atom stereocenters. The Morgan fingerprint density at radius 1 is 0.269 bits per heavy atom. The van der Waals surface area contributed by atoms with Gasteiger partial charge in [-0.2, -0.15) is 0 Å². The molecule has 0 aromatic heterocycles. The van der Waals surface area contributed by atoms with Crippen molar-refractivity contribution in [1.82, 2.24) is 0 Å². The Labute approximate surface area is 401 Å². The van der Waals surface area contributed by atoms with Crippen molar-refractivity contribution in [2.75, 3.05) is 0 Å². The molecule has 0 aliphatic rings. The van der Waals surface area contributed by atoms with Gasteiger partial charge in [0.25, 0.3) is 0 Å². The van der Waals surface area contributed by atoms with Crippen molar-refractivity contribution < 1.29 is 4.74 Å². The highest BCUT2D eigenvalue weighted by Gasteiger charge is 2.24. The Morgan fingerprint density at radius 2 is 0.493 bits per heavy atom. The summed E-state index contributed by atoms with van der Waals surface area (Å²) in [6.07, 6.45) is 17.0. The lowest BCUT2D eigenvalue weighted by Crippen LogP contribution is -2.13. The van der Waals surface area contributed by atoms with Crippen LogP contribution in [0.15, 0.2) is 219 Å². The van der Waals surface area contributed by atoms with Gasteiger partial charge in [0.15, 0.2) is 0 Å². The second-order valence-corrected chi connectivity index (χ2v) is 17.9. The molecule has 0 saturated carbocycles. The highest BCUT2D eigenvalue weighted by Crippen LogP contribution is 2.40. The lowest BCUT2D eigenvalue weighted by Gasteiger charge is -2.26. The van der Waals surface area contributed by atoms with E-state index in [9.17, 15) is 0 Å². The Balaban J connectivity index is 1.31. The van der Waals surface area contributed by atoms with Crippen LogP contribution in [0, 0.1) is 0 Å². The molecule has 8 aromatic carbocycles. The first-order valence-corrected chi connectivity index (χ1v) is 24.6. The lowest BCUT2D eigenvalue weighted by molar-refractivity contribution is 0.465. The maximum absolute atomic E-state index is 7.74. The zero-order valence-corrected chi connectivity index (χ0v) is 39.4. The van der Waals surface area contributed by atoms with E-state index >= 15 is 0 Å². The maximum Gasteiger partial charge on any atom is 0.131 e. The molecule has 0 aliphatic heterocycles. The topological polar surface area (TPSA) is 9.23 Å². The van der Waals surface area contributed by atoms with Crippen LogP contribution in [0.3, 0.4) is 0 Å². The fourth-order valence-electron chi connectivity index (χ4n) is 9.95. The zero-order chi connectivity index (χ0) is 45.9. The number of aryl methyl sites for hydroxylation is 6. The van der Waals surface area contributed by atoms with Crippen molar-refractivity contribution in [3.8, 4) is 11.5 Å². The van der Waals surface area contributed by atoms with Gasteiger partial charge in [0, 0.05) is 0 Å². The van der Waals surface area contributed by atoms with Gasteiger partial charge in [-0.15, -0.1) is 13.2 Å². The second kappa shape index (κ2) is 24.5. The maximum atomic E-state index is 7.74. The van der Waals surface area contributed by atoms with Gasteiger partial charge in [-0.05, 0) is 180 Å². The Kier molecular flexibility index (Phi) is 17.0. The molecule has 0 aliphatic carbocycles. The molecule has 0 amide bonds. The largest absolute Gasteiger partial charge is 0.457 e. The molecule has 0 fully saturated rings. The fraction of sp³-hybridized carbons (Fsp3) is 0.212. The minimum absolute atomic E-state index is 0.779. The average Bonchev–Trinajstić information content (AvgIpc) is 3.38. The van der Waals surface area contributed by atoms with Crippen LogP contribution in [0.2, 0.25) is 0 Å². The summed E-state index contributed by atoms with van der Waals surface area (Å²) >= 11 is 0. The highest BCUT2D eigenvalue weighted by atomic mass is 16.5. The van der Waals surface area contributed by atoms with E-state index in [0.29, 0.717) is 0 Å². The van der Waals surface area contributed by atoms with E-state index in [1.807, 2.05) is 0 Å². The first-order chi connectivity index (χ1) is 33.1. The fourth-order valence-corrected chi connectivity index (χ4v) is 9.95. The van der Waals surface area contributed by atoms with Crippen molar-refractivity contribution in [2.24, 2.45) is 0 Å². The summed E-state index contributed by atoms with van der Waals surface area (Å²) in [7, 11) is 0. The quantitative estimate of drug-likeness (QED) is 0.0550. The SMILES string of the molecule is C=CCc1cc(Oc2cc(CC=C)c(CCc3ccccc3)c(CCc3ccccc3)c2CCc2ccccc2)c(CCc2ccccc2)c(CCc2ccccc2)c1CCc1ccccc1. The predicted molar refractivity (Wildman–Crippen MR) is 284 cm³/mol. The second-order valence-electron chi connectivity index (χ2n) is 17.9. The van der Waals surface area contributed by atoms with Crippen LogP contribution < -0.4 is 4.74 Å². The van der Waals surface area contributed by atoms with E-state index in [1.165, 1.54) is 77.9 Å². The monoisotopic (exact) mass is 875 g/mol. The van der Waals surface area contributed by atoms with Crippen LogP contribution in [0.25, 0.3) is 0 Å². The van der Waals surface area contributed by atoms with Gasteiger partial charge in [0.1, 0.15) is 11.5 Å². The summed E-state index contributed by atoms with van der Waals surface area (Å²) in [6.45, 7) is 8.61. The van der Waals surface area contributed by atoms with E-state index in [0.717, 1.165) is 101 Å². The smallest absolute Gasteiger partial charge is 0.131 e. The van der Waals surface area contributed by atoms with Gasteiger partial charge in [0.05, 0.1) is 0 Å². The molecular weight excluding hydrogens is 809 g/mol. The molecule has 336 valence electrons. The van der Waals surface area contributed by atoms with Crippen molar-refractivity contribution in [3.63, 3.8) is 0 Å². The molecule has 0 saturated heterocycles. The van der Waals surface area contributed by atoms with Crippen LogP contribution in [-0.2, 0) is 89.9 Å².